The van der Waals surface area contributed by atoms with Gasteiger partial charge in [0.2, 0.25) is 0 Å². The van der Waals surface area contributed by atoms with Gasteiger partial charge in [0.15, 0.2) is 0 Å². The SMILES string of the molecule is CC(C)CNCCC(C)(C)c1ccc(F)c(C(F)(F)F)c1. The van der Waals surface area contributed by atoms with E-state index in [4.69, 9.17) is 0 Å². The molecule has 0 spiro atoms. The maximum Gasteiger partial charge on any atom is 0.419 e. The van der Waals surface area contributed by atoms with Crippen molar-refractivity contribution in [3.63, 3.8) is 0 Å². The van der Waals surface area contributed by atoms with E-state index in [0.29, 0.717) is 24.4 Å². The van der Waals surface area contributed by atoms with Gasteiger partial charge in [0.05, 0.1) is 5.56 Å². The van der Waals surface area contributed by atoms with Crippen LogP contribution in [0.3, 0.4) is 0 Å². The van der Waals surface area contributed by atoms with Crippen molar-refractivity contribution in [1.29, 1.82) is 0 Å². The fourth-order valence-electron chi connectivity index (χ4n) is 2.10. The molecular weight excluding hydrogens is 282 g/mol. The second-order valence-electron chi connectivity index (χ2n) is 6.42. The predicted molar refractivity (Wildman–Crippen MR) is 76.8 cm³/mol. The van der Waals surface area contributed by atoms with Gasteiger partial charge >= 0.3 is 6.18 Å². The Labute approximate surface area is 123 Å². The second-order valence-corrected chi connectivity index (χ2v) is 6.42. The van der Waals surface area contributed by atoms with Gasteiger partial charge in [-0.05, 0) is 48.5 Å². The summed E-state index contributed by atoms with van der Waals surface area (Å²) in [6.07, 6.45) is -3.98. The van der Waals surface area contributed by atoms with E-state index in [1.807, 2.05) is 13.8 Å². The lowest BCUT2D eigenvalue weighted by Crippen LogP contribution is -2.28. The number of alkyl halides is 3. The van der Waals surface area contributed by atoms with E-state index in [-0.39, 0.29) is 0 Å². The molecule has 1 aromatic rings. The molecule has 1 nitrogen and oxygen atoms in total. The van der Waals surface area contributed by atoms with Crippen LogP contribution in [0.15, 0.2) is 18.2 Å². The van der Waals surface area contributed by atoms with Gasteiger partial charge in [-0.15, -0.1) is 0 Å². The highest BCUT2D eigenvalue weighted by Crippen LogP contribution is 2.35. The number of benzene rings is 1. The van der Waals surface area contributed by atoms with Crippen LogP contribution in [0.4, 0.5) is 17.6 Å². The van der Waals surface area contributed by atoms with E-state index < -0.39 is 23.0 Å². The average molecular weight is 305 g/mol. The summed E-state index contributed by atoms with van der Waals surface area (Å²) >= 11 is 0. The van der Waals surface area contributed by atoms with Crippen LogP contribution in [0, 0.1) is 11.7 Å². The number of nitrogens with one attached hydrogen (secondary N) is 1. The fourth-order valence-corrected chi connectivity index (χ4v) is 2.10. The summed E-state index contributed by atoms with van der Waals surface area (Å²) in [4.78, 5) is 0. The highest BCUT2D eigenvalue weighted by molar-refractivity contribution is 5.32. The van der Waals surface area contributed by atoms with Crippen molar-refractivity contribution in [2.45, 2.75) is 45.7 Å². The largest absolute Gasteiger partial charge is 0.419 e. The van der Waals surface area contributed by atoms with Crippen LogP contribution in [0.1, 0.15) is 45.2 Å². The van der Waals surface area contributed by atoms with Gasteiger partial charge in [0.25, 0.3) is 0 Å². The molecule has 0 aliphatic rings. The van der Waals surface area contributed by atoms with Gasteiger partial charge in [-0.1, -0.05) is 33.8 Å². The number of hydrogen-bond donors (Lipinski definition) is 1. The highest BCUT2D eigenvalue weighted by Gasteiger charge is 2.35. The van der Waals surface area contributed by atoms with E-state index in [9.17, 15) is 17.6 Å². The zero-order valence-electron chi connectivity index (χ0n) is 12.9. The first-order valence-electron chi connectivity index (χ1n) is 7.12. The van der Waals surface area contributed by atoms with Gasteiger partial charge < -0.3 is 5.32 Å². The quantitative estimate of drug-likeness (QED) is 0.590. The molecule has 0 fully saturated rings. The molecule has 0 bridgehead atoms. The molecule has 0 saturated carbocycles. The van der Waals surface area contributed by atoms with Crippen molar-refractivity contribution in [1.82, 2.24) is 5.32 Å². The summed E-state index contributed by atoms with van der Waals surface area (Å²) in [7, 11) is 0. The molecule has 0 atom stereocenters. The van der Waals surface area contributed by atoms with Crippen molar-refractivity contribution in [2.24, 2.45) is 5.92 Å². The first kappa shape index (κ1) is 18.0. The van der Waals surface area contributed by atoms with E-state index in [2.05, 4.69) is 19.2 Å². The van der Waals surface area contributed by atoms with Gasteiger partial charge in [0, 0.05) is 0 Å². The molecule has 120 valence electrons. The summed E-state index contributed by atoms with van der Waals surface area (Å²) < 4.78 is 51.6. The predicted octanol–water partition coefficient (Wildman–Crippen LogP) is 4.76. The summed E-state index contributed by atoms with van der Waals surface area (Å²) in [6, 6.07) is 3.27. The maximum atomic E-state index is 13.3. The Kier molecular flexibility index (Phi) is 5.79. The standard InChI is InChI=1S/C16H23F4N/c1-11(2)10-21-8-7-15(3,4)12-5-6-14(17)13(9-12)16(18,19)20/h5-6,9,11,21H,7-8,10H2,1-4H3. The summed E-state index contributed by atoms with van der Waals surface area (Å²) in [6.45, 7) is 9.51. The van der Waals surface area contributed by atoms with Crippen LogP contribution in [0.2, 0.25) is 0 Å². The Bertz CT molecular complexity index is 464. The molecule has 0 unspecified atom stereocenters. The van der Waals surface area contributed by atoms with E-state index in [0.717, 1.165) is 18.7 Å². The molecule has 1 rings (SSSR count). The highest BCUT2D eigenvalue weighted by atomic mass is 19.4. The van der Waals surface area contributed by atoms with Crippen LogP contribution < -0.4 is 5.32 Å². The first-order chi connectivity index (χ1) is 9.54. The Morgan fingerprint density at radius 1 is 1.14 bits per heavy atom. The molecule has 5 heteroatoms. The summed E-state index contributed by atoms with van der Waals surface area (Å²) in [5.74, 6) is -0.698. The van der Waals surface area contributed by atoms with Gasteiger partial charge in [-0.25, -0.2) is 4.39 Å². The molecule has 0 saturated heterocycles. The minimum absolute atomic E-state index is 0.447. The molecule has 0 heterocycles. The van der Waals surface area contributed by atoms with Gasteiger partial charge in [-0.2, -0.15) is 13.2 Å². The molecule has 0 amide bonds. The van der Waals surface area contributed by atoms with Crippen molar-refractivity contribution in [3.05, 3.63) is 35.1 Å². The van der Waals surface area contributed by atoms with Crippen molar-refractivity contribution in [3.8, 4) is 0 Å². The number of halogens is 4. The normalized spacial score (nSPS) is 13.0. The molecule has 0 aliphatic heterocycles. The summed E-state index contributed by atoms with van der Waals surface area (Å²) in [5, 5.41) is 3.27. The lowest BCUT2D eigenvalue weighted by Gasteiger charge is -2.26. The number of rotatable bonds is 6. The molecule has 1 N–H and O–H groups in total. The molecule has 0 aliphatic carbocycles. The zero-order valence-corrected chi connectivity index (χ0v) is 12.9. The molecule has 0 radical (unpaired) electrons. The Balaban J connectivity index is 2.83. The van der Waals surface area contributed by atoms with Gasteiger partial charge in [0.1, 0.15) is 5.82 Å². The van der Waals surface area contributed by atoms with Crippen molar-refractivity contribution < 1.29 is 17.6 Å². The molecule has 21 heavy (non-hydrogen) atoms. The third kappa shape index (κ3) is 5.30. The minimum Gasteiger partial charge on any atom is -0.316 e. The van der Waals surface area contributed by atoms with E-state index in [1.54, 1.807) is 0 Å². The average Bonchev–Trinajstić information content (AvgIpc) is 2.33. The topological polar surface area (TPSA) is 12.0 Å². The van der Waals surface area contributed by atoms with Crippen LogP contribution >= 0.6 is 0 Å². The van der Waals surface area contributed by atoms with Crippen LogP contribution in [0.5, 0.6) is 0 Å². The van der Waals surface area contributed by atoms with Crippen molar-refractivity contribution >= 4 is 0 Å². The smallest absolute Gasteiger partial charge is 0.316 e. The number of hydrogen-bond acceptors (Lipinski definition) is 1. The molecular formula is C16H23F4N. The van der Waals surface area contributed by atoms with Gasteiger partial charge in [-0.3, -0.25) is 0 Å². The Hall–Kier alpha value is -1.10. The third-order valence-corrected chi connectivity index (χ3v) is 3.53. The molecule has 0 aromatic heterocycles. The first-order valence-corrected chi connectivity index (χ1v) is 7.12. The zero-order chi connectivity index (χ0) is 16.3. The van der Waals surface area contributed by atoms with Crippen molar-refractivity contribution in [2.75, 3.05) is 13.1 Å². The van der Waals surface area contributed by atoms with E-state index in [1.165, 1.54) is 6.07 Å². The monoisotopic (exact) mass is 305 g/mol. The summed E-state index contributed by atoms with van der Waals surface area (Å²) in [5.41, 5.74) is -1.14. The lowest BCUT2D eigenvalue weighted by atomic mass is 9.81. The Morgan fingerprint density at radius 3 is 2.29 bits per heavy atom. The van der Waals surface area contributed by atoms with Crippen LogP contribution in [0.25, 0.3) is 0 Å². The van der Waals surface area contributed by atoms with E-state index >= 15 is 0 Å². The second kappa shape index (κ2) is 6.77. The van der Waals surface area contributed by atoms with Crippen LogP contribution in [-0.2, 0) is 11.6 Å². The molecule has 1 aromatic carbocycles. The lowest BCUT2D eigenvalue weighted by molar-refractivity contribution is -0.140. The third-order valence-electron chi connectivity index (χ3n) is 3.53. The maximum absolute atomic E-state index is 13.3. The minimum atomic E-state index is -4.66. The van der Waals surface area contributed by atoms with Crippen LogP contribution in [-0.4, -0.2) is 13.1 Å². The fraction of sp³-hybridized carbons (Fsp3) is 0.625. The Morgan fingerprint density at radius 2 is 1.76 bits per heavy atom.